The molecule has 0 fully saturated rings. The van der Waals surface area contributed by atoms with Crippen molar-refractivity contribution in [2.24, 2.45) is 11.8 Å². The molecule has 0 unspecified atom stereocenters. The summed E-state index contributed by atoms with van der Waals surface area (Å²) in [5.41, 5.74) is 0.0847. The lowest BCUT2D eigenvalue weighted by Gasteiger charge is -2.19. The molecule has 8 nitrogen and oxygen atoms in total. The highest BCUT2D eigenvalue weighted by Crippen LogP contribution is 2.34. The molecule has 0 aliphatic rings. The Morgan fingerprint density at radius 3 is 2.38 bits per heavy atom. The Morgan fingerprint density at radius 1 is 1.15 bits per heavy atom. The number of hydrogen-bond donors (Lipinski definition) is 3. The smallest absolute Gasteiger partial charge is 0.492 e. The van der Waals surface area contributed by atoms with Gasteiger partial charge in [0.1, 0.15) is 16.4 Å². The number of halogens is 3. The molecule has 0 radical (unpaired) electrons. The van der Waals surface area contributed by atoms with Gasteiger partial charge in [0.05, 0.1) is 24.8 Å². The summed E-state index contributed by atoms with van der Waals surface area (Å²) >= 11 is 0. The maximum absolute atomic E-state index is 13.0. The lowest BCUT2D eigenvalue weighted by atomic mass is 9.96. The molecule has 1 amide bonds. The predicted octanol–water partition coefficient (Wildman–Crippen LogP) is 4.30. The highest BCUT2D eigenvalue weighted by molar-refractivity contribution is 7.92. The molecule has 0 aromatic heterocycles. The summed E-state index contributed by atoms with van der Waals surface area (Å²) in [5.74, 6) is -1.83. The first kappa shape index (κ1) is 27.3. The summed E-state index contributed by atoms with van der Waals surface area (Å²) in [6.07, 6.45) is -4.94. The Bertz CT molecular complexity index is 1120. The number of alkyl halides is 3. The van der Waals surface area contributed by atoms with Crippen molar-refractivity contribution >= 4 is 27.3 Å². The van der Waals surface area contributed by atoms with Gasteiger partial charge in [0.2, 0.25) is 5.91 Å². The molecule has 0 spiro atoms. The number of sulfonamides is 1. The van der Waals surface area contributed by atoms with Gasteiger partial charge in [0.15, 0.2) is 0 Å². The van der Waals surface area contributed by atoms with E-state index in [-0.39, 0.29) is 46.7 Å². The van der Waals surface area contributed by atoms with E-state index in [0.717, 1.165) is 6.07 Å². The van der Waals surface area contributed by atoms with Gasteiger partial charge in [-0.1, -0.05) is 19.9 Å². The maximum Gasteiger partial charge on any atom is 0.573 e. The minimum Gasteiger partial charge on any atom is -0.492 e. The van der Waals surface area contributed by atoms with Gasteiger partial charge in [-0.25, -0.2) is 8.42 Å². The zero-order valence-corrected chi connectivity index (χ0v) is 19.9. The molecule has 2 rings (SSSR count). The number of nitrogens with one attached hydrogen (secondary N) is 2. The second-order valence-electron chi connectivity index (χ2n) is 7.70. The van der Waals surface area contributed by atoms with Crippen LogP contribution in [-0.2, 0) is 14.8 Å². The summed E-state index contributed by atoms with van der Waals surface area (Å²) in [6.45, 7) is 6.24. The Hall–Kier alpha value is -2.99. The largest absolute Gasteiger partial charge is 0.573 e. The molecular formula is C22H27F3N2O6S. The minimum absolute atomic E-state index is 0.0611. The molecule has 188 valence electrons. The van der Waals surface area contributed by atoms with E-state index < -0.39 is 34.0 Å². The van der Waals surface area contributed by atoms with Crippen LogP contribution in [0.1, 0.15) is 26.3 Å². The third-order valence-corrected chi connectivity index (χ3v) is 6.30. The van der Waals surface area contributed by atoms with Gasteiger partial charge in [-0.2, -0.15) is 0 Å². The first-order chi connectivity index (χ1) is 15.8. The second kappa shape index (κ2) is 11.0. The summed E-state index contributed by atoms with van der Waals surface area (Å²) in [7, 11) is -4.29. The van der Waals surface area contributed by atoms with Crippen LogP contribution in [0.5, 0.6) is 11.5 Å². The van der Waals surface area contributed by atoms with E-state index in [2.05, 4.69) is 14.8 Å². The average molecular weight is 505 g/mol. The molecule has 0 aliphatic carbocycles. The molecular weight excluding hydrogens is 477 g/mol. The molecule has 0 saturated heterocycles. The molecule has 34 heavy (non-hydrogen) atoms. The number of aliphatic hydroxyl groups excluding tert-OH is 1. The summed E-state index contributed by atoms with van der Waals surface area (Å²) < 4.78 is 75.6. The van der Waals surface area contributed by atoms with Crippen LogP contribution in [-0.4, -0.2) is 39.0 Å². The standard InChI is InChI=1S/C22H27F3N2O6S/c1-5-32-19-11-15(26-21(29)16(12-28)13(2)3)9-10-20(19)34(30,31)27-17-7-6-8-18(14(17)4)33-22(23,24)25/h6-11,13,16,27-28H,5,12H2,1-4H3,(H,26,29)/t16-/m0/s1. The molecule has 1 atom stereocenters. The van der Waals surface area contributed by atoms with E-state index in [4.69, 9.17) is 4.74 Å². The SMILES string of the molecule is CCOc1cc(NC(=O)[C@@H](CO)C(C)C)ccc1S(=O)(=O)Nc1cccc(OC(F)(F)F)c1C. The van der Waals surface area contributed by atoms with E-state index in [1.165, 1.54) is 37.3 Å². The van der Waals surface area contributed by atoms with Crippen molar-refractivity contribution in [2.45, 2.75) is 39.0 Å². The number of aliphatic hydroxyl groups is 1. The van der Waals surface area contributed by atoms with Crippen LogP contribution < -0.4 is 19.5 Å². The van der Waals surface area contributed by atoms with Crippen LogP contribution in [0.4, 0.5) is 24.5 Å². The summed E-state index contributed by atoms with van der Waals surface area (Å²) in [6, 6.07) is 7.46. The van der Waals surface area contributed by atoms with Gasteiger partial charge in [0, 0.05) is 17.3 Å². The fourth-order valence-electron chi connectivity index (χ4n) is 3.07. The Balaban J connectivity index is 2.37. The zero-order valence-electron chi connectivity index (χ0n) is 19.1. The molecule has 2 aromatic rings. The van der Waals surface area contributed by atoms with Crippen LogP contribution in [0.3, 0.4) is 0 Å². The van der Waals surface area contributed by atoms with Crippen LogP contribution >= 0.6 is 0 Å². The number of carbonyl (C=O) groups is 1. The first-order valence-electron chi connectivity index (χ1n) is 10.4. The minimum atomic E-state index is -4.94. The van der Waals surface area contributed by atoms with Gasteiger partial charge >= 0.3 is 6.36 Å². The van der Waals surface area contributed by atoms with Gasteiger partial charge in [-0.05, 0) is 44.0 Å². The molecule has 2 aromatic carbocycles. The fourth-order valence-corrected chi connectivity index (χ4v) is 4.32. The van der Waals surface area contributed by atoms with E-state index >= 15 is 0 Å². The molecule has 12 heteroatoms. The van der Waals surface area contributed by atoms with Crippen molar-refractivity contribution in [3.63, 3.8) is 0 Å². The highest BCUT2D eigenvalue weighted by atomic mass is 32.2. The third kappa shape index (κ3) is 7.00. The maximum atomic E-state index is 13.0. The van der Waals surface area contributed by atoms with Gasteiger partial charge in [0.25, 0.3) is 10.0 Å². The second-order valence-corrected chi connectivity index (χ2v) is 9.35. The molecule has 0 aliphatic heterocycles. The number of hydrogen-bond acceptors (Lipinski definition) is 6. The van der Waals surface area contributed by atoms with Gasteiger partial charge in [-0.15, -0.1) is 13.2 Å². The van der Waals surface area contributed by atoms with E-state index in [1.54, 1.807) is 20.8 Å². The number of amides is 1. The number of benzene rings is 2. The number of anilines is 2. The zero-order chi connectivity index (χ0) is 25.7. The molecule has 0 bridgehead atoms. The third-order valence-electron chi connectivity index (χ3n) is 4.89. The Kier molecular flexibility index (Phi) is 8.78. The van der Waals surface area contributed by atoms with E-state index in [0.29, 0.717) is 0 Å². The van der Waals surface area contributed by atoms with Crippen molar-refractivity contribution in [2.75, 3.05) is 23.3 Å². The van der Waals surface area contributed by atoms with Crippen LogP contribution in [0, 0.1) is 18.8 Å². The van der Waals surface area contributed by atoms with Crippen LogP contribution in [0.15, 0.2) is 41.3 Å². The monoisotopic (exact) mass is 504 g/mol. The summed E-state index contributed by atoms with van der Waals surface area (Å²) in [4.78, 5) is 12.1. The fraction of sp³-hybridized carbons (Fsp3) is 0.409. The molecule has 0 saturated carbocycles. The van der Waals surface area contributed by atoms with E-state index in [9.17, 15) is 31.5 Å². The normalized spacial score (nSPS) is 12.9. The Labute approximate surface area is 196 Å². The number of carbonyl (C=O) groups excluding carboxylic acids is 1. The van der Waals surface area contributed by atoms with Gasteiger partial charge < -0.3 is 19.9 Å². The molecule has 3 N–H and O–H groups in total. The molecule has 0 heterocycles. The number of rotatable bonds is 10. The van der Waals surface area contributed by atoms with Crippen molar-refractivity contribution < 1.29 is 41.0 Å². The van der Waals surface area contributed by atoms with Crippen LogP contribution in [0.25, 0.3) is 0 Å². The Morgan fingerprint density at radius 2 is 1.82 bits per heavy atom. The van der Waals surface area contributed by atoms with E-state index in [1.807, 2.05) is 0 Å². The lowest BCUT2D eigenvalue weighted by molar-refractivity contribution is -0.274. The van der Waals surface area contributed by atoms with Crippen molar-refractivity contribution in [1.29, 1.82) is 0 Å². The van der Waals surface area contributed by atoms with Crippen molar-refractivity contribution in [3.05, 3.63) is 42.0 Å². The van der Waals surface area contributed by atoms with Crippen molar-refractivity contribution in [1.82, 2.24) is 0 Å². The highest BCUT2D eigenvalue weighted by Gasteiger charge is 2.32. The van der Waals surface area contributed by atoms with Crippen molar-refractivity contribution in [3.8, 4) is 11.5 Å². The number of ether oxygens (including phenoxy) is 2. The topological polar surface area (TPSA) is 114 Å². The summed E-state index contributed by atoms with van der Waals surface area (Å²) in [5, 5.41) is 12.1. The average Bonchev–Trinajstić information content (AvgIpc) is 2.70. The quantitative estimate of drug-likeness (QED) is 0.445. The lowest BCUT2D eigenvalue weighted by Crippen LogP contribution is -2.29. The van der Waals surface area contributed by atoms with Gasteiger partial charge in [-0.3, -0.25) is 9.52 Å². The predicted molar refractivity (Wildman–Crippen MR) is 120 cm³/mol. The van der Waals surface area contributed by atoms with Crippen LogP contribution in [0.2, 0.25) is 0 Å². The first-order valence-corrected chi connectivity index (χ1v) is 11.8.